The molecule has 0 saturated carbocycles. The third-order valence-corrected chi connectivity index (χ3v) is 8.26. The zero-order valence-corrected chi connectivity index (χ0v) is 24.9. The summed E-state index contributed by atoms with van der Waals surface area (Å²) in [5, 5.41) is 3.22. The van der Waals surface area contributed by atoms with Gasteiger partial charge in [-0.1, -0.05) is 18.2 Å². The lowest BCUT2D eigenvalue weighted by atomic mass is 10.1. The average Bonchev–Trinajstić information content (AvgIpc) is 3.43. The van der Waals surface area contributed by atoms with Gasteiger partial charge in [0.25, 0.3) is 11.5 Å². The van der Waals surface area contributed by atoms with Crippen molar-refractivity contribution in [1.29, 1.82) is 0 Å². The number of aryl methyl sites for hydroxylation is 1. The minimum Gasteiger partial charge on any atom is -0.490 e. The van der Waals surface area contributed by atoms with Crippen LogP contribution < -0.4 is 15.6 Å². The first-order chi connectivity index (χ1) is 19.6. The minimum absolute atomic E-state index is 0.0141. The highest BCUT2D eigenvalue weighted by Crippen LogP contribution is 2.36. The smallest absolute Gasteiger partial charge is 0.348 e. The Labute approximate surface area is 244 Å². The molecule has 0 aliphatic heterocycles. The van der Waals surface area contributed by atoms with E-state index in [0.29, 0.717) is 39.5 Å². The van der Waals surface area contributed by atoms with Crippen molar-refractivity contribution in [3.8, 4) is 5.75 Å². The van der Waals surface area contributed by atoms with E-state index in [4.69, 9.17) is 14.2 Å². The van der Waals surface area contributed by atoms with E-state index >= 15 is 0 Å². The number of rotatable bonds is 11. The first-order valence-corrected chi connectivity index (χ1v) is 14.4. The van der Waals surface area contributed by atoms with Gasteiger partial charge in [0, 0.05) is 0 Å². The van der Waals surface area contributed by atoms with Crippen LogP contribution in [0.1, 0.15) is 53.6 Å². The zero-order chi connectivity index (χ0) is 29.7. The van der Waals surface area contributed by atoms with E-state index in [1.165, 1.54) is 0 Å². The van der Waals surface area contributed by atoms with Crippen LogP contribution in [0.15, 0.2) is 35.1 Å². The number of amides is 1. The lowest BCUT2D eigenvalue weighted by molar-refractivity contribution is 0.0455. The lowest BCUT2D eigenvalue weighted by Crippen LogP contribution is -2.18. The molecular weight excluding hydrogens is 568 g/mol. The van der Waals surface area contributed by atoms with Gasteiger partial charge in [0.05, 0.1) is 29.0 Å². The van der Waals surface area contributed by atoms with Crippen LogP contribution in [0.2, 0.25) is 0 Å². The number of carbonyl (C=O) groups excluding carboxylic acids is 3. The standard InChI is InChI=1S/C28H30N4O7S2/c1-6-37-27(35)20-16(3)22(28(36)39-13-12-38-17-10-8-7-9-11-17)41-26(20)31-24(34)21-15(2)19-23(33)29-18(14-32(4)5)30-25(19)40-21/h7-11H,6,12-14H2,1-5H3,(H,31,34)(H,29,30,33). The van der Waals surface area contributed by atoms with E-state index < -0.39 is 17.8 Å². The molecule has 0 aliphatic carbocycles. The molecule has 0 aliphatic rings. The number of nitrogens with zero attached hydrogens (tertiary/aromatic N) is 2. The molecule has 216 valence electrons. The highest BCUT2D eigenvalue weighted by atomic mass is 32.1. The maximum atomic E-state index is 13.4. The van der Waals surface area contributed by atoms with Crippen LogP contribution >= 0.6 is 22.7 Å². The van der Waals surface area contributed by atoms with Gasteiger partial charge in [0.2, 0.25) is 0 Å². The Hall–Kier alpha value is -4.07. The zero-order valence-electron chi connectivity index (χ0n) is 23.3. The molecule has 0 radical (unpaired) electrons. The molecule has 2 N–H and O–H groups in total. The number of fused-ring (bicyclic) bond motifs is 1. The van der Waals surface area contributed by atoms with Crippen LogP contribution in [0.5, 0.6) is 5.75 Å². The fourth-order valence-corrected chi connectivity index (χ4v) is 6.24. The van der Waals surface area contributed by atoms with Crippen molar-refractivity contribution in [3.63, 3.8) is 0 Å². The normalized spacial score (nSPS) is 11.1. The predicted molar refractivity (Wildman–Crippen MR) is 158 cm³/mol. The van der Waals surface area contributed by atoms with Gasteiger partial charge >= 0.3 is 11.9 Å². The number of hydrogen-bond acceptors (Lipinski definition) is 11. The Bertz CT molecular complexity index is 1640. The average molecular weight is 599 g/mol. The summed E-state index contributed by atoms with van der Waals surface area (Å²) >= 11 is 2.00. The fraction of sp³-hybridized carbons (Fsp3) is 0.321. The molecule has 13 heteroatoms. The molecule has 0 atom stereocenters. The number of thiophene rings is 2. The highest BCUT2D eigenvalue weighted by molar-refractivity contribution is 7.21. The van der Waals surface area contributed by atoms with Crippen molar-refractivity contribution in [2.45, 2.75) is 27.3 Å². The molecule has 0 spiro atoms. The molecule has 0 bridgehead atoms. The van der Waals surface area contributed by atoms with E-state index in [1.807, 2.05) is 37.2 Å². The molecule has 11 nitrogen and oxygen atoms in total. The molecule has 0 fully saturated rings. The van der Waals surface area contributed by atoms with Crippen molar-refractivity contribution in [3.05, 3.63) is 73.0 Å². The Kier molecular flexibility index (Phi) is 9.53. The number of para-hydroxylation sites is 1. The van der Waals surface area contributed by atoms with Gasteiger partial charge in [-0.05, 0) is 58.1 Å². The second-order valence-corrected chi connectivity index (χ2v) is 11.2. The summed E-state index contributed by atoms with van der Waals surface area (Å²) in [7, 11) is 3.71. The molecule has 1 amide bonds. The number of nitrogens with one attached hydrogen (secondary N) is 2. The predicted octanol–water partition coefficient (Wildman–Crippen LogP) is 4.39. The third kappa shape index (κ3) is 6.81. The largest absolute Gasteiger partial charge is 0.490 e. The summed E-state index contributed by atoms with van der Waals surface area (Å²) in [5.74, 6) is -0.744. The molecule has 1 aromatic carbocycles. The summed E-state index contributed by atoms with van der Waals surface area (Å²) in [6, 6.07) is 9.11. The summed E-state index contributed by atoms with van der Waals surface area (Å²) in [5.41, 5.74) is 0.537. The Morgan fingerprint density at radius 1 is 0.976 bits per heavy atom. The van der Waals surface area contributed by atoms with Gasteiger partial charge in [0.1, 0.15) is 39.5 Å². The first-order valence-electron chi connectivity index (χ1n) is 12.7. The summed E-state index contributed by atoms with van der Waals surface area (Å²) < 4.78 is 16.1. The van der Waals surface area contributed by atoms with Crippen molar-refractivity contribution < 1.29 is 28.6 Å². The van der Waals surface area contributed by atoms with Gasteiger partial charge in [-0.2, -0.15) is 0 Å². The van der Waals surface area contributed by atoms with Gasteiger partial charge < -0.3 is 29.4 Å². The first kappa shape index (κ1) is 29.9. The number of ether oxygens (including phenoxy) is 3. The monoisotopic (exact) mass is 598 g/mol. The number of hydrogen-bond donors (Lipinski definition) is 2. The molecular formula is C28H30N4O7S2. The van der Waals surface area contributed by atoms with Gasteiger partial charge in [0.15, 0.2) is 0 Å². The molecule has 3 heterocycles. The molecule has 3 aromatic heterocycles. The number of anilines is 1. The van der Waals surface area contributed by atoms with Crippen LogP contribution in [0.4, 0.5) is 5.00 Å². The summed E-state index contributed by atoms with van der Waals surface area (Å²) in [4.78, 5) is 61.9. The van der Waals surface area contributed by atoms with Crippen LogP contribution in [0, 0.1) is 13.8 Å². The van der Waals surface area contributed by atoms with E-state index in [9.17, 15) is 19.2 Å². The molecule has 0 unspecified atom stereocenters. The van der Waals surface area contributed by atoms with Crippen LogP contribution in [0.25, 0.3) is 10.2 Å². The topological polar surface area (TPSA) is 140 Å². The van der Waals surface area contributed by atoms with E-state index in [0.717, 1.165) is 22.7 Å². The Balaban J connectivity index is 1.57. The van der Waals surface area contributed by atoms with Crippen LogP contribution in [-0.2, 0) is 16.0 Å². The van der Waals surface area contributed by atoms with E-state index in [2.05, 4.69) is 15.3 Å². The van der Waals surface area contributed by atoms with E-state index in [-0.39, 0.29) is 45.7 Å². The van der Waals surface area contributed by atoms with E-state index in [1.54, 1.807) is 32.9 Å². The van der Waals surface area contributed by atoms with Gasteiger partial charge in [-0.25, -0.2) is 14.6 Å². The van der Waals surface area contributed by atoms with Crippen molar-refractivity contribution in [1.82, 2.24) is 14.9 Å². The number of benzene rings is 1. The summed E-state index contributed by atoms with van der Waals surface area (Å²) in [6.07, 6.45) is 0. The van der Waals surface area contributed by atoms with Gasteiger partial charge in [-0.15, -0.1) is 22.7 Å². The highest BCUT2D eigenvalue weighted by Gasteiger charge is 2.29. The maximum Gasteiger partial charge on any atom is 0.348 e. The fourth-order valence-electron chi connectivity index (χ4n) is 4.06. The van der Waals surface area contributed by atoms with Crippen LogP contribution in [0.3, 0.4) is 0 Å². The van der Waals surface area contributed by atoms with Crippen molar-refractivity contribution in [2.24, 2.45) is 0 Å². The summed E-state index contributed by atoms with van der Waals surface area (Å²) in [6.45, 7) is 5.59. The number of aromatic nitrogens is 2. The second kappa shape index (κ2) is 13.1. The lowest BCUT2D eigenvalue weighted by Gasteiger charge is -2.07. The minimum atomic E-state index is -0.678. The van der Waals surface area contributed by atoms with Crippen molar-refractivity contribution in [2.75, 3.05) is 39.2 Å². The Morgan fingerprint density at radius 2 is 1.71 bits per heavy atom. The maximum absolute atomic E-state index is 13.4. The Morgan fingerprint density at radius 3 is 2.39 bits per heavy atom. The SMILES string of the molecule is CCOC(=O)c1c(NC(=O)c2sc3nc(CN(C)C)[nH]c(=O)c3c2C)sc(C(=O)OCCOc2ccccc2)c1C. The number of esters is 2. The molecule has 41 heavy (non-hydrogen) atoms. The third-order valence-electron chi connectivity index (χ3n) is 5.89. The quantitative estimate of drug-likeness (QED) is 0.190. The molecule has 0 saturated heterocycles. The van der Waals surface area contributed by atoms with Crippen LogP contribution in [-0.4, -0.2) is 66.6 Å². The van der Waals surface area contributed by atoms with Crippen molar-refractivity contribution >= 4 is 55.7 Å². The number of H-pyrrole nitrogens is 1. The molecule has 4 rings (SSSR count). The second-order valence-electron chi connectivity index (χ2n) is 9.22. The van der Waals surface area contributed by atoms with Gasteiger partial charge in [-0.3, -0.25) is 9.59 Å². The number of carbonyl (C=O) groups is 3. The number of aromatic amines is 1. The molecule has 4 aromatic rings.